The van der Waals surface area contributed by atoms with Crippen LogP contribution in [-0.4, -0.2) is 71.5 Å². The third-order valence-corrected chi connectivity index (χ3v) is 5.34. The summed E-state index contributed by atoms with van der Waals surface area (Å²) in [5.74, 6) is 0.938. The average molecular weight is 437 g/mol. The van der Waals surface area contributed by atoms with Crippen molar-refractivity contribution in [1.29, 1.82) is 0 Å². The van der Waals surface area contributed by atoms with Crippen LogP contribution in [-0.2, 0) is 4.74 Å². The van der Waals surface area contributed by atoms with E-state index in [1.54, 1.807) is 12.4 Å². The van der Waals surface area contributed by atoms with E-state index in [1.165, 1.54) is 5.56 Å². The predicted molar refractivity (Wildman–Crippen MR) is 128 cm³/mol. The van der Waals surface area contributed by atoms with Crippen molar-refractivity contribution in [2.75, 3.05) is 38.6 Å². The molecular formula is C22H26N7OS+. The number of hydrogen-bond donors (Lipinski definition) is 2. The number of aromatic nitrogens is 3. The van der Waals surface area contributed by atoms with Crippen LogP contribution < -0.4 is 10.6 Å². The second-order valence-corrected chi connectivity index (χ2v) is 7.49. The summed E-state index contributed by atoms with van der Waals surface area (Å²) in [4.78, 5) is 13.8. The molecule has 160 valence electrons. The molecule has 0 aliphatic carbocycles. The summed E-state index contributed by atoms with van der Waals surface area (Å²) >= 11 is 0. The fourth-order valence-electron chi connectivity index (χ4n) is 3.74. The van der Waals surface area contributed by atoms with Gasteiger partial charge in [0, 0.05) is 37.6 Å². The number of ether oxygens (including phenoxy) is 1. The van der Waals surface area contributed by atoms with E-state index < -0.39 is 0 Å². The van der Waals surface area contributed by atoms with Crippen LogP contribution in [0.5, 0.6) is 0 Å². The van der Waals surface area contributed by atoms with Crippen LogP contribution in [0.3, 0.4) is 0 Å². The zero-order valence-corrected chi connectivity index (χ0v) is 18.3. The Hall–Kier alpha value is -2.88. The largest absolute Gasteiger partial charge is 0.374 e. The quantitative estimate of drug-likeness (QED) is 0.595. The highest BCUT2D eigenvalue weighted by Crippen LogP contribution is 2.27. The lowest BCUT2D eigenvalue weighted by Crippen LogP contribution is -2.42. The number of morpholine rings is 1. The lowest BCUT2D eigenvalue weighted by molar-refractivity contribution is -0.494. The minimum absolute atomic E-state index is 0. The fourth-order valence-corrected chi connectivity index (χ4v) is 3.74. The van der Waals surface area contributed by atoms with Gasteiger partial charge in [-0.3, -0.25) is 4.98 Å². The summed E-state index contributed by atoms with van der Waals surface area (Å²) in [6.07, 6.45) is 7.54. The smallest absolute Gasteiger partial charge is 0.185 e. The molecule has 0 amide bonds. The topological polar surface area (TPSA) is 87.3 Å². The van der Waals surface area contributed by atoms with Gasteiger partial charge < -0.3 is 15.4 Å². The highest BCUT2D eigenvalue weighted by atomic mass is 32.1. The molecule has 1 aromatic carbocycles. The Morgan fingerprint density at radius 1 is 1.19 bits per heavy atom. The van der Waals surface area contributed by atoms with Gasteiger partial charge in [0.05, 0.1) is 30.1 Å². The van der Waals surface area contributed by atoms with Gasteiger partial charge in [-0.25, -0.2) is 9.97 Å². The third-order valence-electron chi connectivity index (χ3n) is 5.34. The molecule has 0 bridgehead atoms. The van der Waals surface area contributed by atoms with E-state index in [2.05, 4.69) is 56.2 Å². The molecule has 1 unspecified atom stereocenters. The summed E-state index contributed by atoms with van der Waals surface area (Å²) in [6.45, 7) is 3.12. The summed E-state index contributed by atoms with van der Waals surface area (Å²) in [7, 11) is 1.94. The van der Waals surface area contributed by atoms with Crippen LogP contribution in [0.2, 0.25) is 0 Å². The summed E-state index contributed by atoms with van der Waals surface area (Å²) in [6, 6.07) is 10.4. The molecule has 3 aromatic rings. The van der Waals surface area contributed by atoms with E-state index in [9.17, 15) is 0 Å². The second kappa shape index (κ2) is 9.51. The lowest BCUT2D eigenvalue weighted by Gasteiger charge is -2.24. The number of rotatable bonds is 5. The maximum absolute atomic E-state index is 5.79. The van der Waals surface area contributed by atoms with Gasteiger partial charge in [0.1, 0.15) is 11.4 Å². The van der Waals surface area contributed by atoms with Gasteiger partial charge >= 0.3 is 0 Å². The Labute approximate surface area is 187 Å². The number of anilines is 1. The van der Waals surface area contributed by atoms with E-state index >= 15 is 0 Å². The highest BCUT2D eigenvalue weighted by molar-refractivity contribution is 7.59. The first-order chi connectivity index (χ1) is 14.8. The molecule has 2 atom stereocenters. The van der Waals surface area contributed by atoms with Crippen LogP contribution in [0, 0.1) is 0 Å². The molecule has 1 saturated heterocycles. The van der Waals surface area contributed by atoms with E-state index in [0.29, 0.717) is 6.54 Å². The average Bonchev–Trinajstić information content (AvgIpc) is 3.24. The maximum atomic E-state index is 5.79. The number of hydrogen-bond acceptors (Lipinski definition) is 7. The summed E-state index contributed by atoms with van der Waals surface area (Å²) in [5, 5.41) is 11.1. The van der Waals surface area contributed by atoms with Crippen molar-refractivity contribution < 1.29 is 9.42 Å². The predicted octanol–water partition coefficient (Wildman–Crippen LogP) is 2.00. The number of fused-ring (bicyclic) bond motifs is 1. The number of pyridine rings is 1. The van der Waals surface area contributed by atoms with Gasteiger partial charge in [-0.2, -0.15) is 13.5 Å². The Kier molecular flexibility index (Phi) is 6.55. The first-order valence-electron chi connectivity index (χ1n) is 10.2. The van der Waals surface area contributed by atoms with Crippen molar-refractivity contribution >= 4 is 42.8 Å². The Morgan fingerprint density at radius 3 is 2.77 bits per heavy atom. The van der Waals surface area contributed by atoms with Gasteiger partial charge in [-0.05, 0) is 16.7 Å². The van der Waals surface area contributed by atoms with E-state index in [1.807, 2.05) is 24.0 Å². The number of nitrogens with zero attached hydrogens (tertiary/aromatic N) is 5. The zero-order valence-electron chi connectivity index (χ0n) is 17.3. The molecule has 9 heteroatoms. The summed E-state index contributed by atoms with van der Waals surface area (Å²) < 4.78 is 7.63. The fraction of sp³-hybridized carbons (Fsp3) is 0.318. The van der Waals surface area contributed by atoms with Crippen molar-refractivity contribution in [3.05, 3.63) is 48.3 Å². The van der Waals surface area contributed by atoms with Crippen LogP contribution in [0.15, 0.2) is 47.8 Å². The highest BCUT2D eigenvalue weighted by Gasteiger charge is 2.18. The van der Waals surface area contributed by atoms with E-state index in [4.69, 9.17) is 9.72 Å². The molecule has 0 saturated carbocycles. The molecule has 0 radical (unpaired) electrons. The molecule has 0 spiro atoms. The third kappa shape index (κ3) is 4.73. The molecule has 8 nitrogen and oxygen atoms in total. The van der Waals surface area contributed by atoms with Crippen LogP contribution in [0.4, 0.5) is 5.82 Å². The van der Waals surface area contributed by atoms with Crippen molar-refractivity contribution in [1.82, 2.24) is 20.3 Å². The van der Waals surface area contributed by atoms with Gasteiger partial charge in [0.2, 0.25) is 0 Å². The monoisotopic (exact) mass is 436 g/mol. The Morgan fingerprint density at radius 2 is 2.03 bits per heavy atom. The lowest BCUT2D eigenvalue weighted by atomic mass is 9.99. The van der Waals surface area contributed by atoms with E-state index in [0.717, 1.165) is 47.8 Å². The molecular weight excluding hydrogens is 410 g/mol. The molecule has 2 aliphatic rings. The van der Waals surface area contributed by atoms with Crippen molar-refractivity contribution in [3.63, 3.8) is 0 Å². The van der Waals surface area contributed by atoms with Crippen LogP contribution in [0.1, 0.15) is 11.5 Å². The Balaban J connectivity index is 0.00000231. The minimum Gasteiger partial charge on any atom is -0.374 e. The van der Waals surface area contributed by atoms with Crippen molar-refractivity contribution in [2.24, 2.45) is 5.10 Å². The van der Waals surface area contributed by atoms with Crippen LogP contribution >= 0.6 is 13.5 Å². The molecule has 2 aromatic heterocycles. The molecule has 4 heterocycles. The number of benzene rings is 1. The standard InChI is InChI=1S/C22H24N7O.H2S/c1-29-14-17(11-27-29)15-2-4-16(5-3-15)19-10-20-21(25-7-6-24-20)22(28-19)26-13-18-12-23-8-9-30-18;/h2-7,10-11,14,17-18,23H,8-9,12-13H2,1H3,(H,26,28);1H2/q+1;/t17?,18-;/m0./s1. The molecule has 1 fully saturated rings. The second-order valence-electron chi connectivity index (χ2n) is 7.49. The van der Waals surface area contributed by atoms with Gasteiger partial charge in [0.15, 0.2) is 19.1 Å². The molecule has 31 heavy (non-hydrogen) atoms. The van der Waals surface area contributed by atoms with Crippen molar-refractivity contribution in [3.8, 4) is 11.3 Å². The minimum atomic E-state index is 0. The van der Waals surface area contributed by atoms with Crippen LogP contribution in [0.25, 0.3) is 22.3 Å². The SMILES string of the molecule is C[N+]1=CC(c2ccc(-c3cc4nccnc4c(NC[C@@H]4CNCCO4)n3)cc2)C=N1.S. The Bertz CT molecular complexity index is 1110. The first kappa shape index (κ1) is 21.4. The van der Waals surface area contributed by atoms with Gasteiger partial charge in [-0.15, -0.1) is 0 Å². The molecule has 2 aliphatic heterocycles. The number of nitrogens with one attached hydrogen (secondary N) is 2. The number of hydrazone groups is 1. The normalized spacial score (nSPS) is 20.4. The molecule has 2 N–H and O–H groups in total. The van der Waals surface area contributed by atoms with Gasteiger partial charge in [0.25, 0.3) is 0 Å². The van der Waals surface area contributed by atoms with Gasteiger partial charge in [-0.1, -0.05) is 28.9 Å². The summed E-state index contributed by atoms with van der Waals surface area (Å²) in [5.41, 5.74) is 4.68. The molecule has 5 rings (SSSR count). The van der Waals surface area contributed by atoms with Crippen molar-refractivity contribution in [2.45, 2.75) is 12.0 Å². The zero-order chi connectivity index (χ0) is 20.3. The van der Waals surface area contributed by atoms with E-state index in [-0.39, 0.29) is 25.5 Å². The maximum Gasteiger partial charge on any atom is 0.185 e. The first-order valence-corrected chi connectivity index (χ1v) is 10.2.